The molecule has 0 N–H and O–H groups in total. The number of halogens is 4. The van der Waals surface area contributed by atoms with Gasteiger partial charge < -0.3 is 4.57 Å². The number of aromatic nitrogens is 1. The van der Waals surface area contributed by atoms with E-state index in [1.54, 1.807) is 22.9 Å². The van der Waals surface area contributed by atoms with Gasteiger partial charge in [-0.3, -0.25) is 0 Å². The van der Waals surface area contributed by atoms with Crippen molar-refractivity contribution in [2.24, 2.45) is 0 Å². The quantitative estimate of drug-likeness (QED) is 0.757. The molecule has 92 valence electrons. The second-order valence-electron chi connectivity index (χ2n) is 3.51. The fourth-order valence-electron chi connectivity index (χ4n) is 1.61. The van der Waals surface area contributed by atoms with Gasteiger partial charge in [-0.1, -0.05) is 0 Å². The van der Waals surface area contributed by atoms with E-state index in [4.69, 9.17) is 0 Å². The first-order valence-corrected chi connectivity index (χ1v) is 5.89. The minimum atomic E-state index is -4.21. The van der Waals surface area contributed by atoms with E-state index in [0.29, 0.717) is 5.52 Å². The van der Waals surface area contributed by atoms with Gasteiger partial charge in [-0.2, -0.15) is 13.2 Å². The SMILES string of the molecule is Fc1ccc2ccn(CCSC(F)(F)F)c2c1. The summed E-state index contributed by atoms with van der Waals surface area (Å²) in [4.78, 5) is 0. The first-order chi connectivity index (χ1) is 7.96. The van der Waals surface area contributed by atoms with Gasteiger partial charge in [0.2, 0.25) is 0 Å². The van der Waals surface area contributed by atoms with E-state index < -0.39 is 5.51 Å². The Kier molecular flexibility index (Phi) is 3.33. The van der Waals surface area contributed by atoms with E-state index in [1.165, 1.54) is 12.1 Å². The molecule has 1 aromatic heterocycles. The zero-order valence-electron chi connectivity index (χ0n) is 8.67. The molecule has 0 unspecified atom stereocenters. The third-order valence-corrected chi connectivity index (χ3v) is 3.05. The first-order valence-electron chi connectivity index (χ1n) is 4.91. The highest BCUT2D eigenvalue weighted by atomic mass is 32.2. The Labute approximate surface area is 99.4 Å². The van der Waals surface area contributed by atoms with Gasteiger partial charge in [0.15, 0.2) is 0 Å². The Morgan fingerprint density at radius 3 is 2.65 bits per heavy atom. The van der Waals surface area contributed by atoms with Crippen LogP contribution >= 0.6 is 11.8 Å². The Balaban J connectivity index is 2.11. The number of benzene rings is 1. The number of nitrogens with zero attached hydrogens (tertiary/aromatic N) is 1. The number of fused-ring (bicyclic) bond motifs is 1. The molecule has 1 heterocycles. The van der Waals surface area contributed by atoms with E-state index in [9.17, 15) is 17.6 Å². The van der Waals surface area contributed by atoms with Crippen molar-refractivity contribution in [1.29, 1.82) is 0 Å². The summed E-state index contributed by atoms with van der Waals surface area (Å²) in [6.07, 6.45) is 1.67. The molecule has 0 bridgehead atoms. The number of alkyl halides is 3. The number of hydrogen-bond acceptors (Lipinski definition) is 1. The highest BCUT2D eigenvalue weighted by Gasteiger charge is 2.27. The lowest BCUT2D eigenvalue weighted by Crippen LogP contribution is -2.06. The second kappa shape index (κ2) is 4.60. The van der Waals surface area contributed by atoms with Crippen LogP contribution in [0.1, 0.15) is 0 Å². The van der Waals surface area contributed by atoms with Gasteiger partial charge in [0, 0.05) is 18.5 Å². The maximum absolute atomic E-state index is 13.0. The molecule has 0 fully saturated rings. The van der Waals surface area contributed by atoms with E-state index in [1.807, 2.05) is 0 Å². The summed E-state index contributed by atoms with van der Waals surface area (Å²) in [6.45, 7) is 0.205. The largest absolute Gasteiger partial charge is 0.441 e. The van der Waals surface area contributed by atoms with Gasteiger partial charge in [-0.15, -0.1) is 0 Å². The van der Waals surface area contributed by atoms with Crippen molar-refractivity contribution < 1.29 is 17.6 Å². The van der Waals surface area contributed by atoms with Gasteiger partial charge in [0.05, 0.1) is 5.52 Å². The molecule has 0 radical (unpaired) electrons. The monoisotopic (exact) mass is 263 g/mol. The van der Waals surface area contributed by atoms with Crippen molar-refractivity contribution >= 4 is 22.7 Å². The molecule has 0 saturated heterocycles. The molecule has 2 aromatic rings. The fraction of sp³-hybridized carbons (Fsp3) is 0.273. The molecule has 0 spiro atoms. The van der Waals surface area contributed by atoms with Crippen LogP contribution in [0.3, 0.4) is 0 Å². The predicted octanol–water partition coefficient (Wildman–Crippen LogP) is 4.03. The summed E-state index contributed by atoms with van der Waals surface area (Å²) in [7, 11) is 0. The molecule has 0 aliphatic heterocycles. The van der Waals surface area contributed by atoms with Crippen molar-refractivity contribution in [3.8, 4) is 0 Å². The van der Waals surface area contributed by atoms with Crippen LogP contribution in [0.5, 0.6) is 0 Å². The molecule has 17 heavy (non-hydrogen) atoms. The van der Waals surface area contributed by atoms with Gasteiger partial charge in [-0.25, -0.2) is 4.39 Å². The minimum absolute atomic E-state index is 0.0700. The predicted molar refractivity (Wildman–Crippen MR) is 60.4 cm³/mol. The summed E-state index contributed by atoms with van der Waals surface area (Å²) in [5.41, 5.74) is -3.60. The van der Waals surface area contributed by atoms with Crippen LogP contribution in [0.2, 0.25) is 0 Å². The topological polar surface area (TPSA) is 4.93 Å². The molecular weight excluding hydrogens is 254 g/mol. The van der Waals surface area contributed by atoms with Crippen molar-refractivity contribution in [3.63, 3.8) is 0 Å². The summed E-state index contributed by atoms with van der Waals surface area (Å²) in [5, 5.41) is 0.823. The van der Waals surface area contributed by atoms with Crippen LogP contribution < -0.4 is 0 Å². The lowest BCUT2D eigenvalue weighted by atomic mass is 10.2. The molecule has 0 aliphatic carbocycles. The summed E-state index contributed by atoms with van der Waals surface area (Å²) in [5.74, 6) is -0.468. The summed E-state index contributed by atoms with van der Waals surface area (Å²) >= 11 is -0.0700. The van der Waals surface area contributed by atoms with E-state index in [-0.39, 0.29) is 29.9 Å². The Hall–Kier alpha value is -1.17. The first kappa shape index (κ1) is 12.3. The van der Waals surface area contributed by atoms with Crippen LogP contribution in [0, 0.1) is 5.82 Å². The van der Waals surface area contributed by atoms with Crippen LogP contribution in [-0.4, -0.2) is 15.8 Å². The van der Waals surface area contributed by atoms with Gasteiger partial charge in [0.1, 0.15) is 5.82 Å². The minimum Gasteiger partial charge on any atom is -0.347 e. The van der Waals surface area contributed by atoms with Crippen LogP contribution in [0.25, 0.3) is 10.9 Å². The molecule has 0 atom stereocenters. The average molecular weight is 263 g/mol. The van der Waals surface area contributed by atoms with E-state index in [2.05, 4.69) is 0 Å². The molecule has 2 rings (SSSR count). The van der Waals surface area contributed by atoms with Crippen LogP contribution in [0.4, 0.5) is 17.6 Å². The van der Waals surface area contributed by atoms with E-state index >= 15 is 0 Å². The van der Waals surface area contributed by atoms with E-state index in [0.717, 1.165) is 5.39 Å². The number of hydrogen-bond donors (Lipinski definition) is 0. The van der Waals surface area contributed by atoms with Crippen LogP contribution in [0.15, 0.2) is 30.5 Å². The maximum atomic E-state index is 13.0. The van der Waals surface area contributed by atoms with Crippen molar-refractivity contribution in [3.05, 3.63) is 36.3 Å². The second-order valence-corrected chi connectivity index (χ2v) is 4.67. The molecular formula is C11H9F4NS. The van der Waals surface area contributed by atoms with Crippen LogP contribution in [-0.2, 0) is 6.54 Å². The third kappa shape index (κ3) is 3.15. The average Bonchev–Trinajstić information content (AvgIpc) is 2.59. The normalized spacial score (nSPS) is 12.2. The Morgan fingerprint density at radius 2 is 1.94 bits per heavy atom. The summed E-state index contributed by atoms with van der Waals surface area (Å²) in [6, 6.07) is 6.02. The Morgan fingerprint density at radius 1 is 1.18 bits per heavy atom. The molecule has 0 aliphatic rings. The van der Waals surface area contributed by atoms with Crippen molar-refractivity contribution in [2.75, 3.05) is 5.75 Å². The molecule has 1 aromatic carbocycles. The van der Waals surface area contributed by atoms with Gasteiger partial charge >= 0.3 is 5.51 Å². The zero-order chi connectivity index (χ0) is 12.5. The number of aryl methyl sites for hydroxylation is 1. The van der Waals surface area contributed by atoms with Gasteiger partial charge in [-0.05, 0) is 41.4 Å². The summed E-state index contributed by atoms with van der Waals surface area (Å²) < 4.78 is 50.5. The molecule has 0 saturated carbocycles. The zero-order valence-corrected chi connectivity index (χ0v) is 9.48. The highest BCUT2D eigenvalue weighted by molar-refractivity contribution is 8.00. The lowest BCUT2D eigenvalue weighted by molar-refractivity contribution is -0.0328. The van der Waals surface area contributed by atoms with Crippen molar-refractivity contribution in [1.82, 2.24) is 4.57 Å². The maximum Gasteiger partial charge on any atom is 0.441 e. The van der Waals surface area contributed by atoms with Gasteiger partial charge in [0.25, 0.3) is 0 Å². The molecule has 6 heteroatoms. The number of thioether (sulfide) groups is 1. The molecule has 1 nitrogen and oxygen atoms in total. The smallest absolute Gasteiger partial charge is 0.347 e. The fourth-order valence-corrected chi connectivity index (χ4v) is 2.13. The highest BCUT2D eigenvalue weighted by Crippen LogP contribution is 2.30. The Bertz CT molecular complexity index is 518. The molecule has 0 amide bonds. The lowest BCUT2D eigenvalue weighted by Gasteiger charge is -2.07. The van der Waals surface area contributed by atoms with Crippen molar-refractivity contribution in [2.45, 2.75) is 12.1 Å². The standard InChI is InChI=1S/C11H9F4NS/c12-9-2-1-8-3-4-16(10(8)7-9)5-6-17-11(13,14)15/h1-4,7H,5-6H2. The third-order valence-electron chi connectivity index (χ3n) is 2.33. The number of rotatable bonds is 3.